The molecule has 1 rings (SSSR count). The van der Waals surface area contributed by atoms with E-state index in [-0.39, 0.29) is 0 Å². The molecule has 0 amide bonds. The van der Waals surface area contributed by atoms with Crippen LogP contribution in [0.25, 0.3) is 0 Å². The first-order valence-electron chi connectivity index (χ1n) is 4.13. The lowest BCUT2D eigenvalue weighted by molar-refractivity contribution is -0.104. The van der Waals surface area contributed by atoms with Crippen LogP contribution in [0.15, 0.2) is 12.7 Å². The maximum absolute atomic E-state index is 9.06. The second-order valence-electron chi connectivity index (χ2n) is 2.77. The maximum Gasteiger partial charge on any atom is 0.142 e. The van der Waals surface area contributed by atoms with E-state index in [0.29, 0.717) is 12.3 Å². The Kier molecular flexibility index (Phi) is 7.05. The van der Waals surface area contributed by atoms with E-state index in [4.69, 9.17) is 10.5 Å². The molecule has 0 heterocycles. The number of carbonyl (C=O) groups is 1. The van der Waals surface area contributed by atoms with Crippen molar-refractivity contribution in [2.75, 3.05) is 0 Å². The fourth-order valence-corrected chi connectivity index (χ4v) is 1.13. The molecule has 2 heteroatoms. The SMILES string of the molecule is C=CC=O.NC1CCCCC1. The summed E-state index contributed by atoms with van der Waals surface area (Å²) in [6.45, 7) is 3.11. The third-order valence-electron chi connectivity index (χ3n) is 1.75. The molecule has 0 radical (unpaired) electrons. The van der Waals surface area contributed by atoms with Gasteiger partial charge >= 0.3 is 0 Å². The molecule has 0 saturated heterocycles. The number of aldehydes is 1. The molecule has 0 spiro atoms. The lowest BCUT2D eigenvalue weighted by atomic mass is 9.97. The third kappa shape index (κ3) is 7.26. The average Bonchev–Trinajstić information content (AvgIpc) is 2.07. The number of hydrogen-bond donors (Lipinski definition) is 1. The van der Waals surface area contributed by atoms with Gasteiger partial charge in [-0.1, -0.05) is 25.8 Å². The Labute approximate surface area is 68.5 Å². The van der Waals surface area contributed by atoms with E-state index in [1.807, 2.05) is 0 Å². The number of carbonyl (C=O) groups excluding carboxylic acids is 1. The lowest BCUT2D eigenvalue weighted by Gasteiger charge is -2.15. The van der Waals surface area contributed by atoms with Crippen molar-refractivity contribution in [2.45, 2.75) is 38.1 Å². The topological polar surface area (TPSA) is 43.1 Å². The predicted molar refractivity (Wildman–Crippen MR) is 47.3 cm³/mol. The number of nitrogens with two attached hydrogens (primary N) is 1. The lowest BCUT2D eigenvalue weighted by Crippen LogP contribution is -2.22. The van der Waals surface area contributed by atoms with E-state index < -0.39 is 0 Å². The fourth-order valence-electron chi connectivity index (χ4n) is 1.13. The zero-order chi connectivity index (χ0) is 8.53. The van der Waals surface area contributed by atoms with Crippen molar-refractivity contribution >= 4 is 6.29 Å². The van der Waals surface area contributed by atoms with Gasteiger partial charge in [0, 0.05) is 6.04 Å². The Morgan fingerprint density at radius 1 is 1.27 bits per heavy atom. The van der Waals surface area contributed by atoms with Gasteiger partial charge in [0.2, 0.25) is 0 Å². The Hall–Kier alpha value is -0.630. The first kappa shape index (κ1) is 10.4. The molecular weight excluding hydrogens is 138 g/mol. The van der Waals surface area contributed by atoms with Gasteiger partial charge in [-0.3, -0.25) is 4.79 Å². The first-order valence-corrected chi connectivity index (χ1v) is 4.13. The van der Waals surface area contributed by atoms with Crippen LogP contribution in [-0.4, -0.2) is 12.3 Å². The summed E-state index contributed by atoms with van der Waals surface area (Å²) < 4.78 is 0. The van der Waals surface area contributed by atoms with Crippen molar-refractivity contribution < 1.29 is 4.79 Å². The molecule has 0 aromatic rings. The number of allylic oxidation sites excluding steroid dienone is 1. The normalized spacial score (nSPS) is 17.9. The molecule has 0 aromatic carbocycles. The summed E-state index contributed by atoms with van der Waals surface area (Å²) >= 11 is 0. The Morgan fingerprint density at radius 3 is 1.91 bits per heavy atom. The van der Waals surface area contributed by atoms with E-state index >= 15 is 0 Å². The largest absolute Gasteiger partial charge is 0.328 e. The molecule has 0 aromatic heterocycles. The van der Waals surface area contributed by atoms with E-state index in [0.717, 1.165) is 0 Å². The Balaban J connectivity index is 0.000000218. The molecule has 1 fully saturated rings. The second kappa shape index (κ2) is 7.48. The predicted octanol–water partition coefficient (Wildman–Crippen LogP) is 1.65. The average molecular weight is 155 g/mol. The van der Waals surface area contributed by atoms with Crippen LogP contribution in [0.1, 0.15) is 32.1 Å². The summed E-state index contributed by atoms with van der Waals surface area (Å²) in [4.78, 5) is 9.06. The van der Waals surface area contributed by atoms with Gasteiger partial charge in [-0.25, -0.2) is 0 Å². The molecule has 11 heavy (non-hydrogen) atoms. The van der Waals surface area contributed by atoms with Crippen LogP contribution in [-0.2, 0) is 4.79 Å². The van der Waals surface area contributed by atoms with E-state index in [1.165, 1.54) is 38.2 Å². The van der Waals surface area contributed by atoms with Gasteiger partial charge in [0.25, 0.3) is 0 Å². The molecular formula is C9H17NO. The Bertz CT molecular complexity index is 100. The fraction of sp³-hybridized carbons (Fsp3) is 0.667. The molecule has 64 valence electrons. The molecule has 0 aliphatic heterocycles. The summed E-state index contributed by atoms with van der Waals surface area (Å²) in [5, 5.41) is 0. The van der Waals surface area contributed by atoms with Crippen LogP contribution >= 0.6 is 0 Å². The molecule has 1 saturated carbocycles. The van der Waals surface area contributed by atoms with Crippen LogP contribution in [0.4, 0.5) is 0 Å². The minimum Gasteiger partial charge on any atom is -0.328 e. The molecule has 1 aliphatic rings. The van der Waals surface area contributed by atoms with E-state index in [2.05, 4.69) is 6.58 Å². The van der Waals surface area contributed by atoms with Gasteiger partial charge in [0.15, 0.2) is 0 Å². The second-order valence-corrected chi connectivity index (χ2v) is 2.77. The van der Waals surface area contributed by atoms with Crippen LogP contribution in [0.2, 0.25) is 0 Å². The highest BCUT2D eigenvalue weighted by Gasteiger charge is 2.06. The van der Waals surface area contributed by atoms with E-state index in [9.17, 15) is 0 Å². The first-order chi connectivity index (χ1) is 5.31. The highest BCUT2D eigenvalue weighted by molar-refractivity contribution is 5.63. The standard InChI is InChI=1S/C6H13N.C3H4O/c7-6-4-2-1-3-5-6;1-2-3-4/h6H,1-5,7H2;2-3H,1H2. The summed E-state index contributed by atoms with van der Waals surface area (Å²) in [6, 6.07) is 0.536. The van der Waals surface area contributed by atoms with Gasteiger partial charge < -0.3 is 5.73 Å². The van der Waals surface area contributed by atoms with Crippen LogP contribution in [0.5, 0.6) is 0 Å². The number of rotatable bonds is 1. The van der Waals surface area contributed by atoms with Crippen molar-refractivity contribution in [3.8, 4) is 0 Å². The Morgan fingerprint density at radius 2 is 1.73 bits per heavy atom. The third-order valence-corrected chi connectivity index (χ3v) is 1.75. The van der Waals surface area contributed by atoms with Crippen molar-refractivity contribution in [3.63, 3.8) is 0 Å². The molecule has 0 bridgehead atoms. The highest BCUT2D eigenvalue weighted by atomic mass is 16.1. The summed E-state index contributed by atoms with van der Waals surface area (Å²) in [5.74, 6) is 0. The molecule has 0 atom stereocenters. The zero-order valence-electron chi connectivity index (χ0n) is 6.96. The molecule has 1 aliphatic carbocycles. The van der Waals surface area contributed by atoms with Gasteiger partial charge in [0.1, 0.15) is 6.29 Å². The van der Waals surface area contributed by atoms with Gasteiger partial charge in [-0.15, -0.1) is 0 Å². The molecule has 2 N–H and O–H groups in total. The summed E-state index contributed by atoms with van der Waals surface area (Å²) in [5.41, 5.74) is 5.63. The minimum atomic E-state index is 0.536. The van der Waals surface area contributed by atoms with Gasteiger partial charge in [-0.2, -0.15) is 0 Å². The summed E-state index contributed by atoms with van der Waals surface area (Å²) in [6.07, 6.45) is 8.50. The molecule has 0 unspecified atom stereocenters. The van der Waals surface area contributed by atoms with E-state index in [1.54, 1.807) is 0 Å². The van der Waals surface area contributed by atoms with Crippen LogP contribution in [0, 0.1) is 0 Å². The quantitative estimate of drug-likeness (QED) is 0.462. The smallest absolute Gasteiger partial charge is 0.142 e. The summed E-state index contributed by atoms with van der Waals surface area (Å²) in [7, 11) is 0. The maximum atomic E-state index is 9.06. The van der Waals surface area contributed by atoms with Gasteiger partial charge in [-0.05, 0) is 18.9 Å². The zero-order valence-corrected chi connectivity index (χ0v) is 6.96. The van der Waals surface area contributed by atoms with Gasteiger partial charge in [0.05, 0.1) is 0 Å². The van der Waals surface area contributed by atoms with Crippen molar-refractivity contribution in [3.05, 3.63) is 12.7 Å². The number of hydrogen-bond acceptors (Lipinski definition) is 2. The van der Waals surface area contributed by atoms with Crippen LogP contribution < -0.4 is 5.73 Å². The highest BCUT2D eigenvalue weighted by Crippen LogP contribution is 2.14. The molecule has 2 nitrogen and oxygen atoms in total. The minimum absolute atomic E-state index is 0.536. The monoisotopic (exact) mass is 155 g/mol. The van der Waals surface area contributed by atoms with Crippen LogP contribution in [0.3, 0.4) is 0 Å². The van der Waals surface area contributed by atoms with Crippen molar-refractivity contribution in [1.29, 1.82) is 0 Å². The van der Waals surface area contributed by atoms with Crippen molar-refractivity contribution in [1.82, 2.24) is 0 Å². The van der Waals surface area contributed by atoms with Crippen molar-refractivity contribution in [2.24, 2.45) is 5.73 Å².